The highest BCUT2D eigenvalue weighted by molar-refractivity contribution is 7.99. The van der Waals surface area contributed by atoms with Gasteiger partial charge in [-0.1, -0.05) is 17.8 Å². The number of anilines is 1. The number of hydrogen-bond donors (Lipinski definition) is 1. The zero-order valence-electron chi connectivity index (χ0n) is 16.7. The first kappa shape index (κ1) is 20.3. The van der Waals surface area contributed by atoms with E-state index in [9.17, 15) is 4.79 Å². The molecule has 0 unspecified atom stereocenters. The van der Waals surface area contributed by atoms with Gasteiger partial charge in [-0.05, 0) is 50.2 Å². The Morgan fingerprint density at radius 1 is 1.17 bits per heavy atom. The second-order valence-electron chi connectivity index (χ2n) is 6.77. The summed E-state index contributed by atoms with van der Waals surface area (Å²) < 4.78 is 15.7. The summed E-state index contributed by atoms with van der Waals surface area (Å²) in [5.74, 6) is 1.62. The van der Waals surface area contributed by atoms with Gasteiger partial charge in [-0.2, -0.15) is 8.75 Å². The summed E-state index contributed by atoms with van der Waals surface area (Å²) in [6.07, 6.45) is 0. The van der Waals surface area contributed by atoms with Gasteiger partial charge in [0.1, 0.15) is 16.8 Å². The minimum Gasteiger partial charge on any atom is -0.497 e. The summed E-state index contributed by atoms with van der Waals surface area (Å²) in [4.78, 5) is 12.5. The third kappa shape index (κ3) is 4.14. The maximum atomic E-state index is 12.5. The fourth-order valence-electron chi connectivity index (χ4n) is 3.00. The number of benzene rings is 2. The number of nitrogens with zero attached hydrogens (tertiary/aromatic N) is 5. The van der Waals surface area contributed by atoms with Gasteiger partial charge < -0.3 is 10.1 Å². The number of methoxy groups -OCH3 is 1. The van der Waals surface area contributed by atoms with E-state index in [4.69, 9.17) is 4.74 Å². The lowest BCUT2D eigenvalue weighted by Crippen LogP contribution is -2.15. The van der Waals surface area contributed by atoms with E-state index in [1.807, 2.05) is 47.0 Å². The van der Waals surface area contributed by atoms with Gasteiger partial charge in [0, 0.05) is 11.6 Å². The number of aromatic nitrogens is 5. The van der Waals surface area contributed by atoms with E-state index in [2.05, 4.69) is 38.1 Å². The molecule has 0 radical (unpaired) electrons. The van der Waals surface area contributed by atoms with Gasteiger partial charge in [0.15, 0.2) is 11.0 Å². The van der Waals surface area contributed by atoms with Crippen molar-refractivity contribution >= 4 is 46.1 Å². The normalized spacial score (nSPS) is 11.2. The molecule has 0 spiro atoms. The molecule has 0 aliphatic heterocycles. The average Bonchev–Trinajstić information content (AvgIpc) is 3.40. The fraction of sp³-hybridized carbons (Fsp3) is 0.250. The lowest BCUT2D eigenvalue weighted by atomic mass is 10.2. The third-order valence-corrected chi connectivity index (χ3v) is 5.91. The summed E-state index contributed by atoms with van der Waals surface area (Å²) in [6.45, 7) is 4.13. The number of nitrogens with one attached hydrogen (secondary N) is 1. The summed E-state index contributed by atoms with van der Waals surface area (Å²) in [5.41, 5.74) is 3.08. The standard InChI is InChI=1S/C20H20N6O2S2/c1-12(2)26-19(13-7-9-14(28-3)10-8-13)22-23-20(26)29-11-17(27)21-15-5-4-6-16-18(15)25-30-24-16/h4-10,12H,11H2,1-3H3,(H,21,27). The zero-order chi connectivity index (χ0) is 21.1. The SMILES string of the molecule is COc1ccc(-c2nnc(SCC(=O)Nc3cccc4nsnc34)n2C(C)C)cc1. The van der Waals surface area contributed by atoms with E-state index in [1.165, 1.54) is 11.8 Å². The average molecular weight is 441 g/mol. The van der Waals surface area contributed by atoms with Crippen LogP contribution in [0.4, 0.5) is 5.69 Å². The van der Waals surface area contributed by atoms with Crippen LogP contribution in [0.3, 0.4) is 0 Å². The van der Waals surface area contributed by atoms with Crippen molar-refractivity contribution in [2.75, 3.05) is 18.2 Å². The van der Waals surface area contributed by atoms with Gasteiger partial charge in [-0.3, -0.25) is 9.36 Å². The van der Waals surface area contributed by atoms with Crippen molar-refractivity contribution in [1.82, 2.24) is 23.5 Å². The Morgan fingerprint density at radius 2 is 1.97 bits per heavy atom. The summed E-state index contributed by atoms with van der Waals surface area (Å²) in [5, 5.41) is 12.3. The molecular formula is C20H20N6O2S2. The maximum absolute atomic E-state index is 12.5. The summed E-state index contributed by atoms with van der Waals surface area (Å²) in [6, 6.07) is 13.4. The molecule has 0 fully saturated rings. The molecule has 8 nitrogen and oxygen atoms in total. The van der Waals surface area contributed by atoms with E-state index >= 15 is 0 Å². The van der Waals surface area contributed by atoms with Crippen LogP contribution in [-0.4, -0.2) is 42.3 Å². The highest BCUT2D eigenvalue weighted by Gasteiger charge is 2.18. The van der Waals surface area contributed by atoms with Crippen LogP contribution in [0.5, 0.6) is 5.75 Å². The molecule has 0 aliphatic carbocycles. The van der Waals surface area contributed by atoms with Gasteiger partial charge >= 0.3 is 0 Å². The van der Waals surface area contributed by atoms with Crippen LogP contribution in [-0.2, 0) is 4.79 Å². The van der Waals surface area contributed by atoms with E-state index in [0.717, 1.165) is 34.4 Å². The maximum Gasteiger partial charge on any atom is 0.234 e. The Bertz CT molecular complexity index is 1170. The highest BCUT2D eigenvalue weighted by Crippen LogP contribution is 2.29. The van der Waals surface area contributed by atoms with Crippen LogP contribution in [0.2, 0.25) is 0 Å². The number of fused-ring (bicyclic) bond motifs is 1. The molecule has 0 saturated carbocycles. The van der Waals surface area contributed by atoms with Gasteiger partial charge in [-0.15, -0.1) is 10.2 Å². The smallest absolute Gasteiger partial charge is 0.234 e. The number of ether oxygens (including phenoxy) is 1. The summed E-state index contributed by atoms with van der Waals surface area (Å²) in [7, 11) is 1.64. The van der Waals surface area contributed by atoms with Crippen LogP contribution in [0.1, 0.15) is 19.9 Å². The van der Waals surface area contributed by atoms with Crippen molar-refractivity contribution in [2.45, 2.75) is 25.0 Å². The first-order valence-electron chi connectivity index (χ1n) is 9.30. The molecule has 1 amide bonds. The van der Waals surface area contributed by atoms with Crippen molar-refractivity contribution in [3.05, 3.63) is 42.5 Å². The van der Waals surface area contributed by atoms with Crippen LogP contribution in [0.15, 0.2) is 47.6 Å². The molecule has 30 heavy (non-hydrogen) atoms. The molecule has 4 rings (SSSR count). The van der Waals surface area contributed by atoms with Crippen molar-refractivity contribution in [3.8, 4) is 17.1 Å². The first-order valence-corrected chi connectivity index (χ1v) is 11.0. The van der Waals surface area contributed by atoms with Crippen molar-refractivity contribution < 1.29 is 9.53 Å². The van der Waals surface area contributed by atoms with E-state index in [0.29, 0.717) is 16.4 Å². The molecule has 0 bridgehead atoms. The van der Waals surface area contributed by atoms with Crippen LogP contribution in [0.25, 0.3) is 22.4 Å². The van der Waals surface area contributed by atoms with Gasteiger partial charge in [0.25, 0.3) is 0 Å². The number of rotatable bonds is 7. The minimum atomic E-state index is -0.134. The molecular weight excluding hydrogens is 420 g/mol. The molecule has 10 heteroatoms. The van der Waals surface area contributed by atoms with Crippen molar-refractivity contribution in [2.24, 2.45) is 0 Å². The zero-order valence-corrected chi connectivity index (χ0v) is 18.3. The minimum absolute atomic E-state index is 0.134. The Labute approximate surface area is 182 Å². The molecule has 2 aromatic heterocycles. The van der Waals surface area contributed by atoms with Crippen LogP contribution in [0, 0.1) is 0 Å². The second-order valence-corrected chi connectivity index (χ2v) is 8.24. The number of carbonyl (C=O) groups excluding carboxylic acids is 1. The molecule has 0 atom stereocenters. The molecule has 0 saturated heterocycles. The third-order valence-electron chi connectivity index (χ3n) is 4.42. The monoisotopic (exact) mass is 440 g/mol. The first-order chi connectivity index (χ1) is 14.6. The Balaban J connectivity index is 1.49. The number of carbonyl (C=O) groups is 1. The second kappa shape index (κ2) is 8.80. The Kier molecular flexibility index (Phi) is 5.96. The van der Waals surface area contributed by atoms with Gasteiger partial charge in [0.2, 0.25) is 5.91 Å². The Hall–Kier alpha value is -2.98. The van der Waals surface area contributed by atoms with Crippen LogP contribution < -0.4 is 10.1 Å². The number of amides is 1. The van der Waals surface area contributed by atoms with Crippen molar-refractivity contribution in [3.63, 3.8) is 0 Å². The summed E-state index contributed by atoms with van der Waals surface area (Å²) >= 11 is 2.48. The van der Waals surface area contributed by atoms with Crippen molar-refractivity contribution in [1.29, 1.82) is 0 Å². The van der Waals surface area contributed by atoms with Gasteiger partial charge in [-0.25, -0.2) is 0 Å². The lowest BCUT2D eigenvalue weighted by molar-refractivity contribution is -0.113. The van der Waals surface area contributed by atoms with E-state index in [-0.39, 0.29) is 17.7 Å². The number of hydrogen-bond acceptors (Lipinski definition) is 8. The largest absolute Gasteiger partial charge is 0.497 e. The van der Waals surface area contributed by atoms with E-state index in [1.54, 1.807) is 7.11 Å². The number of thioether (sulfide) groups is 1. The molecule has 4 aromatic rings. The predicted molar refractivity (Wildman–Crippen MR) is 119 cm³/mol. The highest BCUT2D eigenvalue weighted by atomic mass is 32.2. The molecule has 0 aliphatic rings. The predicted octanol–water partition coefficient (Wildman–Crippen LogP) is 4.27. The lowest BCUT2D eigenvalue weighted by Gasteiger charge is -2.14. The molecule has 154 valence electrons. The Morgan fingerprint density at radius 3 is 2.70 bits per heavy atom. The van der Waals surface area contributed by atoms with Gasteiger partial charge in [0.05, 0.1) is 30.3 Å². The van der Waals surface area contributed by atoms with E-state index < -0.39 is 0 Å². The van der Waals surface area contributed by atoms with Crippen LogP contribution >= 0.6 is 23.5 Å². The fourth-order valence-corrected chi connectivity index (χ4v) is 4.42. The molecule has 2 aromatic carbocycles. The quantitative estimate of drug-likeness (QED) is 0.429. The topological polar surface area (TPSA) is 94.8 Å². The molecule has 1 N–H and O–H groups in total. The molecule has 2 heterocycles.